The zero-order valence-electron chi connectivity index (χ0n) is 13.4. The quantitative estimate of drug-likeness (QED) is 0.799. The summed E-state index contributed by atoms with van der Waals surface area (Å²) in [5, 5.41) is 3.70. The minimum atomic E-state index is 0.311. The summed E-state index contributed by atoms with van der Waals surface area (Å²) in [6.07, 6.45) is 5.02. The van der Waals surface area contributed by atoms with Gasteiger partial charge >= 0.3 is 0 Å². The zero-order valence-corrected chi connectivity index (χ0v) is 13.4. The molecule has 1 N–H and O–H groups in total. The molecule has 2 rings (SSSR count). The Kier molecular flexibility index (Phi) is 5.62. The van der Waals surface area contributed by atoms with Gasteiger partial charge in [0.1, 0.15) is 0 Å². The number of nitrogens with zero attached hydrogens (tertiary/aromatic N) is 1. The van der Waals surface area contributed by atoms with Crippen molar-refractivity contribution in [3.05, 3.63) is 35.9 Å². The lowest BCUT2D eigenvalue weighted by Crippen LogP contribution is -2.61. The molecule has 20 heavy (non-hydrogen) atoms. The zero-order chi connectivity index (χ0) is 14.4. The van der Waals surface area contributed by atoms with E-state index >= 15 is 0 Å². The molecule has 2 atom stereocenters. The van der Waals surface area contributed by atoms with Crippen molar-refractivity contribution in [1.82, 2.24) is 10.2 Å². The number of nitrogens with one attached hydrogen (secondary N) is 1. The molecule has 112 valence electrons. The van der Waals surface area contributed by atoms with Crippen LogP contribution in [0.15, 0.2) is 30.3 Å². The van der Waals surface area contributed by atoms with Crippen molar-refractivity contribution in [2.75, 3.05) is 19.6 Å². The van der Waals surface area contributed by atoms with Gasteiger partial charge in [-0.25, -0.2) is 0 Å². The van der Waals surface area contributed by atoms with Crippen LogP contribution < -0.4 is 5.32 Å². The molecule has 1 aliphatic rings. The summed E-state index contributed by atoms with van der Waals surface area (Å²) in [4.78, 5) is 2.67. The van der Waals surface area contributed by atoms with Crippen LogP contribution in [-0.4, -0.2) is 36.1 Å². The first-order valence-electron chi connectivity index (χ1n) is 8.16. The van der Waals surface area contributed by atoms with E-state index in [-0.39, 0.29) is 0 Å². The average molecular weight is 274 g/mol. The van der Waals surface area contributed by atoms with E-state index in [9.17, 15) is 0 Å². The molecule has 0 amide bonds. The van der Waals surface area contributed by atoms with Crippen LogP contribution in [0.1, 0.15) is 45.6 Å². The van der Waals surface area contributed by atoms with Crippen molar-refractivity contribution >= 4 is 0 Å². The second-order valence-electron chi connectivity index (χ2n) is 6.56. The van der Waals surface area contributed by atoms with Gasteiger partial charge in [0, 0.05) is 24.7 Å². The molecule has 0 aliphatic carbocycles. The van der Waals surface area contributed by atoms with Gasteiger partial charge in [-0.2, -0.15) is 0 Å². The summed E-state index contributed by atoms with van der Waals surface area (Å²) in [5.74, 6) is 0. The largest absolute Gasteiger partial charge is 0.309 e. The second-order valence-corrected chi connectivity index (χ2v) is 6.56. The van der Waals surface area contributed by atoms with E-state index in [0.29, 0.717) is 11.6 Å². The smallest absolute Gasteiger partial charge is 0.0278 e. The lowest BCUT2D eigenvalue weighted by Gasteiger charge is -2.45. The Labute approximate surface area is 124 Å². The van der Waals surface area contributed by atoms with Crippen LogP contribution in [0, 0.1) is 0 Å². The minimum absolute atomic E-state index is 0.311. The first-order valence-corrected chi connectivity index (χ1v) is 8.16. The Morgan fingerprint density at radius 3 is 2.70 bits per heavy atom. The highest BCUT2D eigenvalue weighted by Gasteiger charge is 2.31. The number of hydrogen-bond acceptors (Lipinski definition) is 2. The maximum Gasteiger partial charge on any atom is 0.0278 e. The fourth-order valence-electron chi connectivity index (χ4n) is 3.01. The van der Waals surface area contributed by atoms with Crippen LogP contribution in [0.5, 0.6) is 0 Å². The van der Waals surface area contributed by atoms with Crippen molar-refractivity contribution in [3.63, 3.8) is 0 Å². The van der Waals surface area contributed by atoms with Gasteiger partial charge in [0.05, 0.1) is 0 Å². The highest BCUT2D eigenvalue weighted by molar-refractivity contribution is 5.14. The van der Waals surface area contributed by atoms with E-state index in [1.54, 1.807) is 0 Å². The van der Waals surface area contributed by atoms with Gasteiger partial charge in [0.2, 0.25) is 0 Å². The van der Waals surface area contributed by atoms with E-state index in [1.165, 1.54) is 44.3 Å². The third-order valence-electron chi connectivity index (χ3n) is 4.78. The third kappa shape index (κ3) is 4.32. The van der Waals surface area contributed by atoms with Crippen LogP contribution in [0.25, 0.3) is 0 Å². The summed E-state index contributed by atoms with van der Waals surface area (Å²) in [6, 6.07) is 11.5. The van der Waals surface area contributed by atoms with Gasteiger partial charge in [-0.1, -0.05) is 37.3 Å². The molecule has 0 bridgehead atoms. The third-order valence-corrected chi connectivity index (χ3v) is 4.78. The average Bonchev–Trinajstić information content (AvgIpc) is 2.48. The fraction of sp³-hybridized carbons (Fsp3) is 0.667. The van der Waals surface area contributed by atoms with Crippen LogP contribution in [0.4, 0.5) is 0 Å². The Morgan fingerprint density at radius 1 is 1.25 bits per heavy atom. The van der Waals surface area contributed by atoms with Crippen LogP contribution in [-0.2, 0) is 6.42 Å². The lowest BCUT2D eigenvalue weighted by atomic mass is 9.93. The monoisotopic (exact) mass is 274 g/mol. The van der Waals surface area contributed by atoms with Gasteiger partial charge in [-0.3, -0.25) is 4.90 Å². The Bertz CT molecular complexity index is 390. The molecule has 1 aromatic rings. The highest BCUT2D eigenvalue weighted by Crippen LogP contribution is 2.19. The van der Waals surface area contributed by atoms with E-state index in [4.69, 9.17) is 0 Å². The van der Waals surface area contributed by atoms with E-state index < -0.39 is 0 Å². The maximum atomic E-state index is 3.70. The number of benzene rings is 1. The number of rotatable bonds is 6. The molecule has 1 aliphatic heterocycles. The first kappa shape index (κ1) is 15.5. The molecular weight excluding hydrogens is 244 g/mol. The number of piperazine rings is 1. The molecule has 2 heteroatoms. The van der Waals surface area contributed by atoms with E-state index in [1.807, 2.05) is 0 Å². The van der Waals surface area contributed by atoms with Crippen molar-refractivity contribution in [2.45, 2.75) is 58.0 Å². The fourth-order valence-corrected chi connectivity index (χ4v) is 3.01. The van der Waals surface area contributed by atoms with E-state index in [2.05, 4.69) is 61.3 Å². The molecule has 0 spiro atoms. The number of hydrogen-bond donors (Lipinski definition) is 1. The highest BCUT2D eigenvalue weighted by atomic mass is 15.2. The van der Waals surface area contributed by atoms with Crippen molar-refractivity contribution in [3.8, 4) is 0 Å². The Balaban J connectivity index is 1.72. The van der Waals surface area contributed by atoms with Gasteiger partial charge in [-0.05, 0) is 51.6 Å². The molecular formula is C18H30N2. The van der Waals surface area contributed by atoms with Gasteiger partial charge < -0.3 is 5.32 Å². The van der Waals surface area contributed by atoms with Crippen LogP contribution >= 0.6 is 0 Å². The molecule has 1 saturated heterocycles. The van der Waals surface area contributed by atoms with Crippen molar-refractivity contribution < 1.29 is 0 Å². The molecule has 0 saturated carbocycles. The molecule has 2 nitrogen and oxygen atoms in total. The standard InChI is InChI=1S/C18H30N2/c1-4-18(3)15-20(16(2)14-19-18)13-9-8-12-17-10-6-5-7-11-17/h5-7,10-11,16,19H,4,8-9,12-15H2,1-3H3. The van der Waals surface area contributed by atoms with Crippen LogP contribution in [0.2, 0.25) is 0 Å². The summed E-state index contributed by atoms with van der Waals surface area (Å²) >= 11 is 0. The molecule has 1 fully saturated rings. The number of aryl methyl sites for hydroxylation is 1. The van der Waals surface area contributed by atoms with Gasteiger partial charge in [0.25, 0.3) is 0 Å². The SMILES string of the molecule is CCC1(C)CN(CCCCc2ccccc2)C(C)CN1. The molecule has 1 aromatic carbocycles. The topological polar surface area (TPSA) is 15.3 Å². The lowest BCUT2D eigenvalue weighted by molar-refractivity contribution is 0.0916. The second kappa shape index (κ2) is 7.24. The molecule has 2 unspecified atom stereocenters. The van der Waals surface area contributed by atoms with Crippen molar-refractivity contribution in [1.29, 1.82) is 0 Å². The predicted octanol–water partition coefficient (Wildman–Crippen LogP) is 3.47. The molecule has 0 aromatic heterocycles. The summed E-state index contributed by atoms with van der Waals surface area (Å²) in [7, 11) is 0. The first-order chi connectivity index (χ1) is 9.63. The van der Waals surface area contributed by atoms with Crippen molar-refractivity contribution in [2.24, 2.45) is 0 Å². The predicted molar refractivity (Wildman–Crippen MR) is 87.1 cm³/mol. The Morgan fingerprint density at radius 2 is 2.00 bits per heavy atom. The number of unbranched alkanes of at least 4 members (excludes halogenated alkanes) is 1. The molecule has 0 radical (unpaired) electrons. The normalized spacial score (nSPS) is 27.6. The Hall–Kier alpha value is -0.860. The summed E-state index contributed by atoms with van der Waals surface area (Å²) < 4.78 is 0. The van der Waals surface area contributed by atoms with Gasteiger partial charge in [-0.15, -0.1) is 0 Å². The van der Waals surface area contributed by atoms with Gasteiger partial charge in [0.15, 0.2) is 0 Å². The maximum absolute atomic E-state index is 3.70. The minimum Gasteiger partial charge on any atom is -0.309 e. The van der Waals surface area contributed by atoms with E-state index in [0.717, 1.165) is 6.54 Å². The van der Waals surface area contributed by atoms with Crippen LogP contribution in [0.3, 0.4) is 0 Å². The molecule has 1 heterocycles. The summed E-state index contributed by atoms with van der Waals surface area (Å²) in [6.45, 7) is 10.6. The summed E-state index contributed by atoms with van der Waals surface area (Å²) in [5.41, 5.74) is 1.78.